The number of aromatic nitrogens is 1. The molecule has 0 unspecified atom stereocenters. The maximum atomic E-state index is 12.3. The van der Waals surface area contributed by atoms with Gasteiger partial charge in [0, 0.05) is 18.5 Å². The van der Waals surface area contributed by atoms with Crippen LogP contribution in [0.15, 0.2) is 5.38 Å². The molecule has 1 fully saturated rings. The Bertz CT molecular complexity index is 521. The van der Waals surface area contributed by atoms with Gasteiger partial charge in [-0.1, -0.05) is 6.92 Å². The van der Waals surface area contributed by atoms with E-state index < -0.39 is 10.2 Å². The van der Waals surface area contributed by atoms with Crippen LogP contribution in [0.2, 0.25) is 0 Å². The maximum Gasteiger partial charge on any atom is 0.303 e. The highest BCUT2D eigenvalue weighted by molar-refractivity contribution is 7.90. The molecule has 114 valence electrons. The second-order valence-corrected chi connectivity index (χ2v) is 7.58. The van der Waals surface area contributed by atoms with Crippen molar-refractivity contribution in [2.75, 3.05) is 30.9 Å². The zero-order valence-corrected chi connectivity index (χ0v) is 13.6. The molecule has 0 saturated carbocycles. The van der Waals surface area contributed by atoms with E-state index in [0.717, 1.165) is 31.6 Å². The summed E-state index contributed by atoms with van der Waals surface area (Å²) in [5.41, 5.74) is 0.831. The molecule has 20 heavy (non-hydrogen) atoms. The highest BCUT2D eigenvalue weighted by Crippen LogP contribution is 2.22. The Morgan fingerprint density at radius 3 is 2.70 bits per heavy atom. The Kier molecular flexibility index (Phi) is 5.36. The van der Waals surface area contributed by atoms with Gasteiger partial charge in [0.05, 0.1) is 5.69 Å². The molecular weight excluding hydrogens is 296 g/mol. The lowest BCUT2D eigenvalue weighted by molar-refractivity contribution is 0.269. The topological polar surface area (TPSA) is 74.3 Å². The van der Waals surface area contributed by atoms with Crippen LogP contribution in [-0.2, 0) is 10.2 Å². The lowest BCUT2D eigenvalue weighted by Gasteiger charge is -2.31. The van der Waals surface area contributed by atoms with Crippen molar-refractivity contribution in [1.29, 1.82) is 0 Å². The first-order valence-electron chi connectivity index (χ1n) is 6.92. The number of nitrogens with zero attached hydrogens (tertiary/aromatic N) is 2. The zero-order valence-electron chi connectivity index (χ0n) is 11.9. The molecule has 2 N–H and O–H groups in total. The van der Waals surface area contributed by atoms with Crippen LogP contribution in [0.5, 0.6) is 0 Å². The Morgan fingerprint density at radius 2 is 2.15 bits per heavy atom. The number of hydrogen-bond acceptors (Lipinski definition) is 5. The summed E-state index contributed by atoms with van der Waals surface area (Å²) in [5, 5.41) is 5.60. The minimum absolute atomic E-state index is 0.442. The number of hydrogen-bond donors (Lipinski definition) is 2. The summed E-state index contributed by atoms with van der Waals surface area (Å²) in [6, 6.07) is 0. The van der Waals surface area contributed by atoms with E-state index in [-0.39, 0.29) is 0 Å². The van der Waals surface area contributed by atoms with Gasteiger partial charge in [0.2, 0.25) is 0 Å². The van der Waals surface area contributed by atoms with Crippen molar-refractivity contribution in [3.8, 4) is 0 Å². The summed E-state index contributed by atoms with van der Waals surface area (Å²) in [6.07, 6.45) is 1.82. The summed E-state index contributed by atoms with van der Waals surface area (Å²) >= 11 is 1.31. The minimum atomic E-state index is -3.46. The molecule has 2 heterocycles. The number of aryl methyl sites for hydroxylation is 1. The van der Waals surface area contributed by atoms with Gasteiger partial charge in [-0.2, -0.15) is 12.7 Å². The molecule has 0 atom stereocenters. The van der Waals surface area contributed by atoms with Crippen LogP contribution < -0.4 is 10.0 Å². The standard InChI is InChI=1S/C12H22N4O2S2/c1-3-13-8-11-4-6-16(7-5-11)20(17,18)15-12-14-10(2)9-19-12/h9,11,13H,3-8H2,1-2H3,(H,14,15). The molecule has 0 amide bonds. The van der Waals surface area contributed by atoms with E-state index in [4.69, 9.17) is 0 Å². The fourth-order valence-corrected chi connectivity index (χ4v) is 4.40. The molecule has 0 spiro atoms. The zero-order chi connectivity index (χ0) is 14.6. The van der Waals surface area contributed by atoms with Gasteiger partial charge in [-0.15, -0.1) is 11.3 Å². The van der Waals surface area contributed by atoms with Gasteiger partial charge in [0.15, 0.2) is 5.13 Å². The smallest absolute Gasteiger partial charge is 0.303 e. The predicted octanol–water partition coefficient (Wildman–Crippen LogP) is 1.43. The average Bonchev–Trinajstić information content (AvgIpc) is 2.81. The van der Waals surface area contributed by atoms with E-state index >= 15 is 0 Å². The van der Waals surface area contributed by atoms with Gasteiger partial charge in [-0.25, -0.2) is 9.71 Å². The van der Waals surface area contributed by atoms with Crippen molar-refractivity contribution >= 4 is 26.7 Å². The second kappa shape index (κ2) is 6.84. The molecule has 1 aromatic heterocycles. The van der Waals surface area contributed by atoms with Crippen molar-refractivity contribution in [3.05, 3.63) is 11.1 Å². The Hall–Kier alpha value is -0.700. The third-order valence-electron chi connectivity index (χ3n) is 3.43. The lowest BCUT2D eigenvalue weighted by Crippen LogP contribution is -2.43. The van der Waals surface area contributed by atoms with E-state index in [1.54, 1.807) is 0 Å². The molecule has 0 aliphatic carbocycles. The number of nitrogens with one attached hydrogen (secondary N) is 2. The van der Waals surface area contributed by atoms with Gasteiger partial charge in [-0.05, 0) is 38.8 Å². The largest absolute Gasteiger partial charge is 0.317 e. The van der Waals surface area contributed by atoms with Crippen molar-refractivity contribution in [2.45, 2.75) is 26.7 Å². The van der Waals surface area contributed by atoms with E-state index in [9.17, 15) is 8.42 Å². The second-order valence-electron chi connectivity index (χ2n) is 5.05. The highest BCUT2D eigenvalue weighted by atomic mass is 32.2. The van der Waals surface area contributed by atoms with Crippen LogP contribution in [0.3, 0.4) is 0 Å². The molecule has 8 heteroatoms. The molecule has 0 aromatic carbocycles. The lowest BCUT2D eigenvalue weighted by atomic mass is 9.98. The molecule has 6 nitrogen and oxygen atoms in total. The summed E-state index contributed by atoms with van der Waals surface area (Å²) < 4.78 is 28.6. The van der Waals surface area contributed by atoms with Crippen molar-refractivity contribution < 1.29 is 8.42 Å². The van der Waals surface area contributed by atoms with E-state index in [1.807, 2.05) is 12.3 Å². The first-order valence-corrected chi connectivity index (χ1v) is 9.24. The average molecular weight is 318 g/mol. The summed E-state index contributed by atoms with van der Waals surface area (Å²) in [5.74, 6) is 0.573. The van der Waals surface area contributed by atoms with Crippen molar-refractivity contribution in [1.82, 2.24) is 14.6 Å². The Labute approximate surface area is 124 Å². The molecule has 1 aliphatic heterocycles. The highest BCUT2D eigenvalue weighted by Gasteiger charge is 2.28. The minimum Gasteiger partial charge on any atom is -0.317 e. The maximum absolute atomic E-state index is 12.3. The van der Waals surface area contributed by atoms with E-state index in [0.29, 0.717) is 24.1 Å². The summed E-state index contributed by atoms with van der Waals surface area (Å²) in [7, 11) is -3.46. The van der Waals surface area contributed by atoms with Gasteiger partial charge >= 0.3 is 10.2 Å². The molecular formula is C12H22N4O2S2. The molecule has 0 radical (unpaired) electrons. The van der Waals surface area contributed by atoms with Crippen LogP contribution in [0.25, 0.3) is 0 Å². The first kappa shape index (κ1) is 15.7. The van der Waals surface area contributed by atoms with Crippen LogP contribution >= 0.6 is 11.3 Å². The fourth-order valence-electron chi connectivity index (χ4n) is 2.28. The number of rotatable bonds is 6. The van der Waals surface area contributed by atoms with Crippen LogP contribution in [-0.4, -0.2) is 43.9 Å². The monoisotopic (exact) mass is 318 g/mol. The third-order valence-corrected chi connectivity index (χ3v) is 5.93. The normalized spacial score (nSPS) is 18.3. The number of thiazole rings is 1. The van der Waals surface area contributed by atoms with Gasteiger partial charge in [0.1, 0.15) is 0 Å². The van der Waals surface area contributed by atoms with Crippen LogP contribution in [0, 0.1) is 12.8 Å². The Balaban J connectivity index is 1.88. The molecule has 2 rings (SSSR count). The number of anilines is 1. The number of piperidine rings is 1. The fraction of sp³-hybridized carbons (Fsp3) is 0.750. The first-order chi connectivity index (χ1) is 9.51. The van der Waals surface area contributed by atoms with Gasteiger partial charge < -0.3 is 5.32 Å². The molecule has 0 bridgehead atoms. The summed E-state index contributed by atoms with van der Waals surface area (Å²) in [6.45, 7) is 7.03. The molecule has 1 aliphatic rings. The summed E-state index contributed by atoms with van der Waals surface area (Å²) in [4.78, 5) is 4.14. The predicted molar refractivity (Wildman–Crippen MR) is 82.2 cm³/mol. The van der Waals surface area contributed by atoms with E-state index in [1.165, 1.54) is 15.6 Å². The van der Waals surface area contributed by atoms with Crippen molar-refractivity contribution in [2.24, 2.45) is 5.92 Å². The van der Waals surface area contributed by atoms with Gasteiger partial charge in [-0.3, -0.25) is 0 Å². The quantitative estimate of drug-likeness (QED) is 0.832. The third kappa shape index (κ3) is 4.15. The van der Waals surface area contributed by atoms with Crippen LogP contribution in [0.1, 0.15) is 25.5 Å². The molecule has 1 saturated heterocycles. The molecule has 1 aromatic rings. The van der Waals surface area contributed by atoms with Crippen molar-refractivity contribution in [3.63, 3.8) is 0 Å². The Morgan fingerprint density at radius 1 is 1.45 bits per heavy atom. The van der Waals surface area contributed by atoms with Gasteiger partial charge in [0.25, 0.3) is 0 Å². The SMILES string of the molecule is CCNCC1CCN(S(=O)(=O)Nc2nc(C)cs2)CC1. The van der Waals surface area contributed by atoms with E-state index in [2.05, 4.69) is 21.9 Å². The van der Waals surface area contributed by atoms with Crippen LogP contribution in [0.4, 0.5) is 5.13 Å².